The molecule has 5 nitrogen and oxygen atoms in total. The van der Waals surface area contributed by atoms with Crippen molar-refractivity contribution in [2.45, 2.75) is 31.8 Å². The third-order valence-electron chi connectivity index (χ3n) is 4.56. The van der Waals surface area contributed by atoms with Gasteiger partial charge in [-0.2, -0.15) is 0 Å². The first-order chi connectivity index (χ1) is 11.9. The predicted octanol–water partition coefficient (Wildman–Crippen LogP) is 3.51. The minimum atomic E-state index is -1.03. The van der Waals surface area contributed by atoms with Gasteiger partial charge in [0.15, 0.2) is 0 Å². The van der Waals surface area contributed by atoms with Gasteiger partial charge in [0.25, 0.3) is 0 Å². The van der Waals surface area contributed by atoms with Crippen molar-refractivity contribution in [2.24, 2.45) is 0 Å². The summed E-state index contributed by atoms with van der Waals surface area (Å²) in [5, 5.41) is 12.2. The molecule has 0 radical (unpaired) electrons. The molecule has 1 aliphatic carbocycles. The number of methoxy groups -OCH3 is 1. The molecule has 1 amide bonds. The zero-order valence-corrected chi connectivity index (χ0v) is 14.3. The van der Waals surface area contributed by atoms with Crippen molar-refractivity contribution in [3.05, 3.63) is 64.7 Å². The van der Waals surface area contributed by atoms with E-state index in [1.54, 1.807) is 19.2 Å². The highest BCUT2D eigenvalue weighted by atomic mass is 16.5. The monoisotopic (exact) mass is 339 g/mol. The molecule has 2 aromatic rings. The first-order valence-electron chi connectivity index (χ1n) is 8.19. The van der Waals surface area contributed by atoms with Crippen LogP contribution in [0.2, 0.25) is 0 Å². The van der Waals surface area contributed by atoms with Gasteiger partial charge in [-0.3, -0.25) is 4.79 Å². The van der Waals surface area contributed by atoms with Crippen LogP contribution in [0.25, 0.3) is 0 Å². The zero-order chi connectivity index (χ0) is 18.0. The van der Waals surface area contributed by atoms with E-state index < -0.39 is 11.4 Å². The Hall–Kier alpha value is -2.66. The van der Waals surface area contributed by atoms with E-state index in [-0.39, 0.29) is 18.1 Å². The fraction of sp³-hybridized carbons (Fsp3) is 0.300. The molecule has 2 N–H and O–H groups in total. The Morgan fingerprint density at radius 2 is 1.96 bits per heavy atom. The van der Waals surface area contributed by atoms with E-state index in [4.69, 9.17) is 4.74 Å². The quantitative estimate of drug-likeness (QED) is 0.844. The van der Waals surface area contributed by atoms with Crippen molar-refractivity contribution in [1.82, 2.24) is 0 Å². The lowest BCUT2D eigenvalue weighted by molar-refractivity contribution is -0.118. The maximum Gasteiger partial charge on any atom is 0.335 e. The van der Waals surface area contributed by atoms with Gasteiger partial charge in [0.1, 0.15) is 0 Å². The smallest absolute Gasteiger partial charge is 0.335 e. The van der Waals surface area contributed by atoms with Gasteiger partial charge in [-0.15, -0.1) is 0 Å². The highest BCUT2D eigenvalue weighted by Gasteiger charge is 2.51. The molecule has 0 bridgehead atoms. The number of ether oxygens (including phenoxy) is 1. The van der Waals surface area contributed by atoms with E-state index in [9.17, 15) is 14.7 Å². The van der Waals surface area contributed by atoms with Crippen molar-refractivity contribution in [2.75, 3.05) is 12.4 Å². The summed E-state index contributed by atoms with van der Waals surface area (Å²) in [5.74, 6) is -1.13. The Kier molecular flexibility index (Phi) is 4.59. The number of aryl methyl sites for hydroxylation is 1. The number of carbonyl (C=O) groups is 2. The summed E-state index contributed by atoms with van der Waals surface area (Å²) < 4.78 is 5.08. The van der Waals surface area contributed by atoms with Crippen LogP contribution in [0, 0.1) is 6.92 Å². The van der Waals surface area contributed by atoms with E-state index in [2.05, 4.69) is 5.32 Å². The number of carbonyl (C=O) groups excluding carboxylic acids is 1. The Labute approximate surface area is 146 Å². The number of aromatic carboxylic acids is 1. The molecule has 5 heteroatoms. The second kappa shape index (κ2) is 6.69. The second-order valence-electron chi connectivity index (χ2n) is 6.56. The molecular formula is C20H21NO4. The number of hydrogen-bond donors (Lipinski definition) is 2. The summed E-state index contributed by atoms with van der Waals surface area (Å²) in [5.41, 5.74) is 2.94. The van der Waals surface area contributed by atoms with Crippen LogP contribution in [-0.2, 0) is 21.6 Å². The third-order valence-corrected chi connectivity index (χ3v) is 4.56. The van der Waals surface area contributed by atoms with Gasteiger partial charge in [0.2, 0.25) is 5.91 Å². The fourth-order valence-electron chi connectivity index (χ4n) is 3.10. The van der Waals surface area contributed by atoms with Crippen molar-refractivity contribution >= 4 is 17.6 Å². The van der Waals surface area contributed by atoms with Gasteiger partial charge >= 0.3 is 5.97 Å². The van der Waals surface area contributed by atoms with Gasteiger partial charge in [-0.25, -0.2) is 4.79 Å². The van der Waals surface area contributed by atoms with Crippen LogP contribution >= 0.6 is 0 Å². The molecule has 130 valence electrons. The van der Waals surface area contributed by atoms with E-state index in [0.717, 1.165) is 24.0 Å². The lowest BCUT2D eigenvalue weighted by Gasteiger charge is -2.17. The number of hydrogen-bond acceptors (Lipinski definition) is 3. The number of amides is 1. The lowest BCUT2D eigenvalue weighted by Crippen LogP contribution is -2.28. The number of rotatable bonds is 6. The lowest BCUT2D eigenvalue weighted by atomic mass is 9.93. The van der Waals surface area contributed by atoms with Crippen molar-refractivity contribution < 1.29 is 19.4 Å². The molecule has 2 aromatic carbocycles. The SMILES string of the molecule is COCc1cc(NC(=O)C2(c3cccc(C)c3)CC2)cc(C(=O)O)c1. The minimum Gasteiger partial charge on any atom is -0.478 e. The van der Waals surface area contributed by atoms with E-state index >= 15 is 0 Å². The Balaban J connectivity index is 1.86. The number of carboxylic acids is 1. The second-order valence-corrected chi connectivity index (χ2v) is 6.56. The van der Waals surface area contributed by atoms with E-state index in [1.165, 1.54) is 6.07 Å². The molecule has 0 spiro atoms. The van der Waals surface area contributed by atoms with Gasteiger partial charge in [-0.05, 0) is 49.1 Å². The van der Waals surface area contributed by atoms with Gasteiger partial charge < -0.3 is 15.2 Å². The van der Waals surface area contributed by atoms with Crippen molar-refractivity contribution in [1.29, 1.82) is 0 Å². The Bertz CT molecular complexity index is 824. The van der Waals surface area contributed by atoms with Gasteiger partial charge in [-0.1, -0.05) is 29.8 Å². The predicted molar refractivity (Wildman–Crippen MR) is 94.8 cm³/mol. The summed E-state index contributed by atoms with van der Waals surface area (Å²) in [4.78, 5) is 24.2. The first-order valence-corrected chi connectivity index (χ1v) is 8.19. The highest BCUT2D eigenvalue weighted by Crippen LogP contribution is 2.49. The number of carboxylic acid groups (broad SMARTS) is 1. The van der Waals surface area contributed by atoms with Crippen LogP contribution in [0.4, 0.5) is 5.69 Å². The summed E-state index contributed by atoms with van der Waals surface area (Å²) in [6.45, 7) is 2.29. The van der Waals surface area contributed by atoms with Crippen LogP contribution in [0.5, 0.6) is 0 Å². The van der Waals surface area contributed by atoms with Crippen LogP contribution in [0.1, 0.15) is 39.9 Å². The third kappa shape index (κ3) is 3.56. The maximum atomic E-state index is 12.9. The molecule has 0 atom stereocenters. The maximum absolute atomic E-state index is 12.9. The summed E-state index contributed by atoms with van der Waals surface area (Å²) in [7, 11) is 1.54. The fourth-order valence-corrected chi connectivity index (χ4v) is 3.10. The van der Waals surface area contributed by atoms with Crippen LogP contribution in [0.3, 0.4) is 0 Å². The van der Waals surface area contributed by atoms with Crippen LogP contribution in [0.15, 0.2) is 42.5 Å². The van der Waals surface area contributed by atoms with Crippen molar-refractivity contribution in [3.63, 3.8) is 0 Å². The molecule has 0 heterocycles. The normalized spacial score (nSPS) is 14.8. The number of anilines is 1. The van der Waals surface area contributed by atoms with E-state index in [0.29, 0.717) is 11.3 Å². The molecule has 25 heavy (non-hydrogen) atoms. The summed E-state index contributed by atoms with van der Waals surface area (Å²) in [6.07, 6.45) is 1.59. The summed E-state index contributed by atoms with van der Waals surface area (Å²) in [6, 6.07) is 12.8. The molecule has 0 unspecified atom stereocenters. The summed E-state index contributed by atoms with van der Waals surface area (Å²) >= 11 is 0. The zero-order valence-electron chi connectivity index (χ0n) is 14.3. The minimum absolute atomic E-state index is 0.0935. The molecule has 1 saturated carbocycles. The first kappa shape index (κ1) is 17.2. The Morgan fingerprint density at radius 1 is 1.20 bits per heavy atom. The number of benzene rings is 2. The number of nitrogens with one attached hydrogen (secondary N) is 1. The Morgan fingerprint density at radius 3 is 2.56 bits per heavy atom. The highest BCUT2D eigenvalue weighted by molar-refractivity contribution is 6.02. The molecule has 0 saturated heterocycles. The molecule has 3 rings (SSSR count). The molecule has 0 aliphatic heterocycles. The standard InChI is InChI=1S/C20H21NO4/c1-13-4-3-5-16(8-13)20(6-7-20)19(24)21-17-10-14(12-25-2)9-15(11-17)18(22)23/h3-5,8-11H,6-7,12H2,1-2H3,(H,21,24)(H,22,23). The molecule has 0 aromatic heterocycles. The van der Waals surface area contributed by atoms with E-state index in [1.807, 2.05) is 31.2 Å². The average molecular weight is 339 g/mol. The van der Waals surface area contributed by atoms with Crippen molar-refractivity contribution in [3.8, 4) is 0 Å². The topological polar surface area (TPSA) is 75.6 Å². The molecule has 1 aliphatic rings. The molecular weight excluding hydrogens is 318 g/mol. The molecule has 1 fully saturated rings. The van der Waals surface area contributed by atoms with Gasteiger partial charge in [0, 0.05) is 12.8 Å². The largest absolute Gasteiger partial charge is 0.478 e. The van der Waals surface area contributed by atoms with Gasteiger partial charge in [0.05, 0.1) is 17.6 Å². The van der Waals surface area contributed by atoms with Crippen LogP contribution < -0.4 is 5.32 Å². The van der Waals surface area contributed by atoms with Crippen LogP contribution in [-0.4, -0.2) is 24.1 Å². The average Bonchev–Trinajstić information content (AvgIpc) is 3.37.